The molecule has 1 fully saturated rings. The van der Waals surface area contributed by atoms with Crippen molar-refractivity contribution in [1.82, 2.24) is 4.98 Å². The molecule has 1 nitrogen and oxygen atoms in total. The summed E-state index contributed by atoms with van der Waals surface area (Å²) in [5.74, 6) is 0.835. The fraction of sp³-hybridized carbons (Fsp3) is 0.176. The molecule has 1 saturated carbocycles. The zero-order valence-electron chi connectivity index (χ0n) is 10.2. The van der Waals surface area contributed by atoms with Crippen molar-refractivity contribution in [2.24, 2.45) is 0 Å². The topological polar surface area (TPSA) is 15.8 Å². The first-order chi connectivity index (χ1) is 8.90. The third kappa shape index (κ3) is 1.63. The number of fused-ring (bicyclic) bond motifs is 1. The summed E-state index contributed by atoms with van der Waals surface area (Å²) < 4.78 is 0. The van der Waals surface area contributed by atoms with Crippen LogP contribution in [-0.2, 0) is 0 Å². The van der Waals surface area contributed by atoms with E-state index in [1.54, 1.807) is 0 Å². The van der Waals surface area contributed by atoms with Crippen LogP contribution in [0.1, 0.15) is 24.3 Å². The maximum absolute atomic E-state index is 3.48. The van der Waals surface area contributed by atoms with E-state index in [9.17, 15) is 0 Å². The fourth-order valence-electron chi connectivity index (χ4n) is 2.58. The van der Waals surface area contributed by atoms with Crippen molar-refractivity contribution in [3.8, 4) is 11.3 Å². The molecule has 0 bridgehead atoms. The minimum Gasteiger partial charge on any atom is -0.355 e. The lowest BCUT2D eigenvalue weighted by Gasteiger charge is -2.00. The maximum atomic E-state index is 3.48. The van der Waals surface area contributed by atoms with Gasteiger partial charge in [0.1, 0.15) is 0 Å². The number of rotatable bonds is 2. The molecule has 1 heterocycles. The van der Waals surface area contributed by atoms with Crippen LogP contribution >= 0.6 is 0 Å². The number of benzene rings is 2. The van der Waals surface area contributed by atoms with Crippen molar-refractivity contribution in [3.63, 3.8) is 0 Å². The average molecular weight is 233 g/mol. The van der Waals surface area contributed by atoms with Gasteiger partial charge in [-0.3, -0.25) is 0 Å². The second-order valence-corrected chi connectivity index (χ2v) is 5.17. The summed E-state index contributed by atoms with van der Waals surface area (Å²) in [4.78, 5) is 3.48. The molecule has 0 amide bonds. The van der Waals surface area contributed by atoms with Crippen LogP contribution < -0.4 is 0 Å². The quantitative estimate of drug-likeness (QED) is 0.659. The molecule has 3 aromatic rings. The Balaban J connectivity index is 1.76. The van der Waals surface area contributed by atoms with Crippen LogP contribution in [0.4, 0.5) is 0 Å². The molecule has 0 spiro atoms. The Morgan fingerprint density at radius 2 is 1.67 bits per heavy atom. The largest absolute Gasteiger partial charge is 0.355 e. The molecule has 1 aromatic heterocycles. The highest BCUT2D eigenvalue weighted by molar-refractivity contribution is 5.85. The first-order valence-electron chi connectivity index (χ1n) is 6.58. The van der Waals surface area contributed by atoms with Crippen molar-refractivity contribution < 1.29 is 0 Å². The van der Waals surface area contributed by atoms with Crippen LogP contribution in [0.3, 0.4) is 0 Å². The Kier molecular flexibility index (Phi) is 2.07. The molecule has 1 N–H and O–H groups in total. The monoisotopic (exact) mass is 233 g/mol. The van der Waals surface area contributed by atoms with E-state index in [-0.39, 0.29) is 0 Å². The molecule has 0 radical (unpaired) electrons. The summed E-state index contributed by atoms with van der Waals surface area (Å²) in [5, 5.41) is 1.28. The van der Waals surface area contributed by atoms with E-state index < -0.39 is 0 Å². The summed E-state index contributed by atoms with van der Waals surface area (Å²) in [6, 6.07) is 19.7. The minimum absolute atomic E-state index is 0.835. The van der Waals surface area contributed by atoms with Crippen LogP contribution in [-0.4, -0.2) is 4.98 Å². The number of aromatic amines is 1. The molecule has 4 rings (SSSR count). The summed E-state index contributed by atoms with van der Waals surface area (Å²) in [5.41, 5.74) is 5.18. The minimum atomic E-state index is 0.835. The lowest BCUT2D eigenvalue weighted by molar-refractivity contribution is 1.13. The smallest absolute Gasteiger partial charge is 0.0464 e. The van der Waals surface area contributed by atoms with Gasteiger partial charge < -0.3 is 4.98 Å². The number of hydrogen-bond acceptors (Lipinski definition) is 0. The summed E-state index contributed by atoms with van der Waals surface area (Å²) >= 11 is 0. The van der Waals surface area contributed by atoms with Crippen molar-refractivity contribution in [1.29, 1.82) is 0 Å². The Bertz CT molecular complexity index is 654. The van der Waals surface area contributed by atoms with Gasteiger partial charge in [0.15, 0.2) is 0 Å². The Morgan fingerprint density at radius 1 is 0.889 bits per heavy atom. The van der Waals surface area contributed by atoms with Gasteiger partial charge in [-0.1, -0.05) is 42.5 Å². The average Bonchev–Trinajstić information content (AvgIpc) is 3.18. The molecular weight excluding hydrogens is 218 g/mol. The standard InChI is InChI=1S/C17H15N/c1-2-4-16-15(3-1)11-17(18-16)14-9-7-13(8-10-14)12-5-6-12/h1-4,7-12,18H,5-6H2. The first-order valence-corrected chi connectivity index (χ1v) is 6.58. The van der Waals surface area contributed by atoms with E-state index in [4.69, 9.17) is 0 Å². The molecular formula is C17H15N. The Labute approximate surface area is 106 Å². The van der Waals surface area contributed by atoms with Gasteiger partial charge >= 0.3 is 0 Å². The van der Waals surface area contributed by atoms with Crippen molar-refractivity contribution in [3.05, 3.63) is 60.2 Å². The third-order valence-electron chi connectivity index (χ3n) is 3.80. The third-order valence-corrected chi connectivity index (χ3v) is 3.80. The van der Waals surface area contributed by atoms with E-state index in [1.807, 2.05) is 0 Å². The summed E-state index contributed by atoms with van der Waals surface area (Å²) in [7, 11) is 0. The highest BCUT2D eigenvalue weighted by Gasteiger charge is 2.22. The van der Waals surface area contributed by atoms with Crippen LogP contribution in [0.25, 0.3) is 22.2 Å². The molecule has 18 heavy (non-hydrogen) atoms. The van der Waals surface area contributed by atoms with Gasteiger partial charge in [-0.25, -0.2) is 0 Å². The SMILES string of the molecule is c1ccc2[nH]c(-c3ccc(C4CC4)cc3)cc2c1. The van der Waals surface area contributed by atoms with Crippen molar-refractivity contribution in [2.45, 2.75) is 18.8 Å². The van der Waals surface area contributed by atoms with Gasteiger partial charge in [-0.2, -0.15) is 0 Å². The molecule has 2 aromatic carbocycles. The lowest BCUT2D eigenvalue weighted by atomic mass is 10.1. The molecule has 0 unspecified atom stereocenters. The molecule has 88 valence electrons. The number of aromatic nitrogens is 1. The molecule has 1 aliphatic carbocycles. The number of nitrogens with one attached hydrogen (secondary N) is 1. The zero-order chi connectivity index (χ0) is 11.9. The molecule has 0 aliphatic heterocycles. The highest BCUT2D eigenvalue weighted by Crippen LogP contribution is 2.40. The molecule has 0 atom stereocenters. The highest BCUT2D eigenvalue weighted by atomic mass is 14.7. The van der Waals surface area contributed by atoms with Crippen molar-refractivity contribution >= 4 is 10.9 Å². The Morgan fingerprint density at radius 3 is 2.39 bits per heavy atom. The first kappa shape index (κ1) is 9.95. The van der Waals surface area contributed by atoms with Crippen LogP contribution in [0.15, 0.2) is 54.6 Å². The number of para-hydroxylation sites is 1. The van der Waals surface area contributed by atoms with Crippen LogP contribution in [0, 0.1) is 0 Å². The number of H-pyrrole nitrogens is 1. The van der Waals surface area contributed by atoms with E-state index in [0.29, 0.717) is 0 Å². The van der Waals surface area contributed by atoms with E-state index >= 15 is 0 Å². The van der Waals surface area contributed by atoms with Gasteiger partial charge in [0.05, 0.1) is 0 Å². The van der Waals surface area contributed by atoms with Crippen LogP contribution in [0.2, 0.25) is 0 Å². The van der Waals surface area contributed by atoms with Crippen LogP contribution in [0.5, 0.6) is 0 Å². The van der Waals surface area contributed by atoms with Gasteiger partial charge in [0.2, 0.25) is 0 Å². The van der Waals surface area contributed by atoms with E-state index in [0.717, 1.165) is 5.92 Å². The lowest BCUT2D eigenvalue weighted by Crippen LogP contribution is -1.80. The second-order valence-electron chi connectivity index (χ2n) is 5.17. The summed E-state index contributed by atoms with van der Waals surface area (Å²) in [6.45, 7) is 0. The summed E-state index contributed by atoms with van der Waals surface area (Å²) in [6.07, 6.45) is 2.73. The fourth-order valence-corrected chi connectivity index (χ4v) is 2.58. The second kappa shape index (κ2) is 3.74. The Hall–Kier alpha value is -2.02. The number of hydrogen-bond donors (Lipinski definition) is 1. The predicted octanol–water partition coefficient (Wildman–Crippen LogP) is 4.71. The molecule has 1 aliphatic rings. The van der Waals surface area contributed by atoms with Gasteiger partial charge in [-0.05, 0) is 42.0 Å². The zero-order valence-corrected chi connectivity index (χ0v) is 10.2. The van der Waals surface area contributed by atoms with Crippen molar-refractivity contribution in [2.75, 3.05) is 0 Å². The van der Waals surface area contributed by atoms with Gasteiger partial charge in [0, 0.05) is 16.6 Å². The maximum Gasteiger partial charge on any atom is 0.0464 e. The molecule has 0 saturated heterocycles. The molecule has 1 heteroatoms. The van der Waals surface area contributed by atoms with Gasteiger partial charge in [-0.15, -0.1) is 0 Å². The normalized spacial score (nSPS) is 15.1. The predicted molar refractivity (Wildman–Crippen MR) is 75.7 cm³/mol. The van der Waals surface area contributed by atoms with E-state index in [2.05, 4.69) is 59.6 Å². The van der Waals surface area contributed by atoms with E-state index in [1.165, 1.54) is 40.6 Å². The van der Waals surface area contributed by atoms with Gasteiger partial charge in [0.25, 0.3) is 0 Å².